The lowest BCUT2D eigenvalue weighted by atomic mass is 10.2. The molecular formula is C25H27N3O6S. The first-order chi connectivity index (χ1) is 16.6. The van der Waals surface area contributed by atoms with Gasteiger partial charge in [0.25, 0.3) is 10.0 Å². The number of para-hydroxylation sites is 1. The van der Waals surface area contributed by atoms with Crippen LogP contribution < -0.4 is 20.1 Å². The van der Waals surface area contributed by atoms with Gasteiger partial charge in [-0.25, -0.2) is 13.2 Å². The Morgan fingerprint density at radius 1 is 0.886 bits per heavy atom. The highest BCUT2D eigenvalue weighted by molar-refractivity contribution is 7.92. The molecule has 0 aromatic heterocycles. The molecule has 0 saturated carbocycles. The third kappa shape index (κ3) is 7.47. The van der Waals surface area contributed by atoms with Crippen LogP contribution in [-0.4, -0.2) is 32.1 Å². The molecule has 4 N–H and O–H groups in total. The average molecular weight is 498 g/mol. The number of benzene rings is 3. The number of urea groups is 1. The molecule has 9 nitrogen and oxygen atoms in total. The van der Waals surface area contributed by atoms with E-state index in [0.29, 0.717) is 40.4 Å². The zero-order chi connectivity index (χ0) is 25.4. The van der Waals surface area contributed by atoms with Gasteiger partial charge in [-0.2, -0.15) is 0 Å². The standard InChI is InChI=1S/C25H27N3O6S/c1-17-10-11-20(27-25(31)26-19-7-4-3-5-8-19)16-22(17)28-35(32,33)21-12-13-23(18(2)15-21)34-14-6-9-24(29)30/h3-5,7-8,10-13,15-16,28H,6,9,14H2,1-2H3,(H,29,30)(H2,26,27,31). The smallest absolute Gasteiger partial charge is 0.323 e. The Bertz CT molecular complexity index is 1310. The summed E-state index contributed by atoms with van der Waals surface area (Å²) < 4.78 is 34.2. The molecule has 0 heterocycles. The van der Waals surface area contributed by atoms with Crippen molar-refractivity contribution in [2.75, 3.05) is 22.0 Å². The Morgan fingerprint density at radius 3 is 2.29 bits per heavy atom. The molecular weight excluding hydrogens is 470 g/mol. The van der Waals surface area contributed by atoms with Crippen molar-refractivity contribution >= 4 is 39.1 Å². The van der Waals surface area contributed by atoms with Crippen LogP contribution in [0.2, 0.25) is 0 Å². The molecule has 0 atom stereocenters. The molecule has 0 spiro atoms. The van der Waals surface area contributed by atoms with Crippen LogP contribution in [0.1, 0.15) is 24.0 Å². The van der Waals surface area contributed by atoms with Crippen molar-refractivity contribution in [1.29, 1.82) is 0 Å². The first-order valence-corrected chi connectivity index (χ1v) is 12.3. The van der Waals surface area contributed by atoms with Crippen molar-refractivity contribution in [3.8, 4) is 5.75 Å². The molecule has 0 bridgehead atoms. The minimum atomic E-state index is -3.92. The monoisotopic (exact) mass is 497 g/mol. The molecule has 0 saturated heterocycles. The Labute approximate surface area is 204 Å². The predicted octanol–water partition coefficient (Wildman–Crippen LogP) is 4.99. The molecule has 0 aliphatic heterocycles. The highest BCUT2D eigenvalue weighted by atomic mass is 32.2. The Morgan fingerprint density at radius 2 is 1.60 bits per heavy atom. The second kappa shape index (κ2) is 11.4. The number of hydrogen-bond donors (Lipinski definition) is 4. The molecule has 35 heavy (non-hydrogen) atoms. The third-order valence-electron chi connectivity index (χ3n) is 5.02. The van der Waals surface area contributed by atoms with Crippen molar-refractivity contribution in [2.24, 2.45) is 0 Å². The summed E-state index contributed by atoms with van der Waals surface area (Å²) >= 11 is 0. The summed E-state index contributed by atoms with van der Waals surface area (Å²) in [6, 6.07) is 17.9. The van der Waals surface area contributed by atoms with Gasteiger partial charge in [0.2, 0.25) is 0 Å². The lowest BCUT2D eigenvalue weighted by Gasteiger charge is -2.15. The maximum atomic E-state index is 13.0. The number of amides is 2. The number of carboxylic acids is 1. The number of hydrogen-bond acceptors (Lipinski definition) is 5. The number of aryl methyl sites for hydroxylation is 2. The van der Waals surface area contributed by atoms with Crippen molar-refractivity contribution in [1.82, 2.24) is 0 Å². The van der Waals surface area contributed by atoms with Gasteiger partial charge in [0.05, 0.1) is 17.2 Å². The van der Waals surface area contributed by atoms with Gasteiger partial charge >= 0.3 is 12.0 Å². The largest absolute Gasteiger partial charge is 0.493 e. The summed E-state index contributed by atoms with van der Waals surface area (Å²) in [5, 5.41) is 14.1. The maximum absolute atomic E-state index is 13.0. The van der Waals surface area contributed by atoms with E-state index in [1.807, 2.05) is 6.07 Å². The third-order valence-corrected chi connectivity index (χ3v) is 6.38. The molecule has 0 aliphatic carbocycles. The molecule has 2 amide bonds. The second-order valence-corrected chi connectivity index (χ2v) is 9.54. The second-order valence-electron chi connectivity index (χ2n) is 7.85. The van der Waals surface area contributed by atoms with E-state index in [1.165, 1.54) is 12.1 Å². The van der Waals surface area contributed by atoms with Gasteiger partial charge in [-0.15, -0.1) is 0 Å². The average Bonchev–Trinajstić information content (AvgIpc) is 2.80. The van der Waals surface area contributed by atoms with Crippen molar-refractivity contribution in [3.63, 3.8) is 0 Å². The summed E-state index contributed by atoms with van der Waals surface area (Å²) in [5.74, 6) is -0.412. The van der Waals surface area contributed by atoms with Crippen LogP contribution in [0.5, 0.6) is 5.75 Å². The molecule has 0 fully saturated rings. The summed E-state index contributed by atoms with van der Waals surface area (Å²) in [7, 11) is -3.92. The number of sulfonamides is 1. The van der Waals surface area contributed by atoms with E-state index in [0.717, 1.165) is 0 Å². The number of carbonyl (C=O) groups excluding carboxylic acids is 1. The number of anilines is 3. The summed E-state index contributed by atoms with van der Waals surface area (Å²) in [5.41, 5.74) is 2.66. The van der Waals surface area contributed by atoms with Crippen LogP contribution in [0.3, 0.4) is 0 Å². The van der Waals surface area contributed by atoms with Gasteiger partial charge in [-0.1, -0.05) is 24.3 Å². The molecule has 10 heteroatoms. The van der Waals surface area contributed by atoms with Crippen LogP contribution in [0.4, 0.5) is 21.9 Å². The Kier molecular flexibility index (Phi) is 8.32. The SMILES string of the molecule is Cc1ccc(NC(=O)Nc2ccccc2)cc1NS(=O)(=O)c1ccc(OCCCC(=O)O)c(C)c1. The molecule has 3 aromatic carbocycles. The number of ether oxygens (including phenoxy) is 1. The van der Waals surface area contributed by atoms with Crippen molar-refractivity contribution in [3.05, 3.63) is 77.9 Å². The van der Waals surface area contributed by atoms with Gasteiger partial charge in [0, 0.05) is 17.8 Å². The normalized spacial score (nSPS) is 10.9. The minimum absolute atomic E-state index is 0.00336. The minimum Gasteiger partial charge on any atom is -0.493 e. The topological polar surface area (TPSA) is 134 Å². The summed E-state index contributed by atoms with van der Waals surface area (Å²) in [6.45, 7) is 3.69. The maximum Gasteiger partial charge on any atom is 0.323 e. The fourth-order valence-corrected chi connectivity index (χ4v) is 4.39. The van der Waals surface area contributed by atoms with Crippen LogP contribution >= 0.6 is 0 Å². The van der Waals surface area contributed by atoms with Crippen LogP contribution in [0, 0.1) is 13.8 Å². The summed E-state index contributed by atoms with van der Waals surface area (Å²) in [4.78, 5) is 22.9. The van der Waals surface area contributed by atoms with Crippen molar-refractivity contribution in [2.45, 2.75) is 31.6 Å². The number of carbonyl (C=O) groups is 2. The molecule has 3 rings (SSSR count). The van der Waals surface area contributed by atoms with E-state index < -0.39 is 22.0 Å². The number of rotatable bonds is 10. The van der Waals surface area contributed by atoms with E-state index in [4.69, 9.17) is 9.84 Å². The number of nitrogens with one attached hydrogen (secondary N) is 3. The van der Waals surface area contributed by atoms with Gasteiger partial charge in [0.15, 0.2) is 0 Å². The lowest BCUT2D eigenvalue weighted by Crippen LogP contribution is -2.20. The fourth-order valence-electron chi connectivity index (χ4n) is 3.18. The van der Waals surface area contributed by atoms with Gasteiger partial charge in [0.1, 0.15) is 5.75 Å². The highest BCUT2D eigenvalue weighted by Gasteiger charge is 2.17. The van der Waals surface area contributed by atoms with Crippen molar-refractivity contribution < 1.29 is 27.9 Å². The van der Waals surface area contributed by atoms with Gasteiger partial charge in [-0.3, -0.25) is 9.52 Å². The summed E-state index contributed by atoms with van der Waals surface area (Å²) in [6.07, 6.45) is 0.347. The fraction of sp³-hybridized carbons (Fsp3) is 0.200. The van der Waals surface area contributed by atoms with E-state index in [9.17, 15) is 18.0 Å². The van der Waals surface area contributed by atoms with Crippen LogP contribution in [-0.2, 0) is 14.8 Å². The zero-order valence-electron chi connectivity index (χ0n) is 19.4. The predicted molar refractivity (Wildman–Crippen MR) is 135 cm³/mol. The quantitative estimate of drug-likeness (QED) is 0.292. The van der Waals surface area contributed by atoms with E-state index in [2.05, 4.69) is 15.4 Å². The number of carboxylic acid groups (broad SMARTS) is 1. The van der Waals surface area contributed by atoms with E-state index >= 15 is 0 Å². The van der Waals surface area contributed by atoms with Crippen LogP contribution in [0.25, 0.3) is 0 Å². The molecule has 0 radical (unpaired) electrons. The molecule has 184 valence electrons. The molecule has 0 aliphatic rings. The first kappa shape index (κ1) is 25.6. The molecule has 0 unspecified atom stereocenters. The number of aliphatic carboxylic acids is 1. The van der Waals surface area contributed by atoms with E-state index in [-0.39, 0.29) is 17.9 Å². The Hall–Kier alpha value is -4.05. The lowest BCUT2D eigenvalue weighted by molar-refractivity contribution is -0.137. The van der Waals surface area contributed by atoms with Gasteiger partial charge < -0.3 is 20.5 Å². The van der Waals surface area contributed by atoms with Gasteiger partial charge in [-0.05, 0) is 73.9 Å². The van der Waals surface area contributed by atoms with Crippen LogP contribution in [0.15, 0.2) is 71.6 Å². The molecule has 3 aromatic rings. The van der Waals surface area contributed by atoms with E-state index in [1.54, 1.807) is 62.4 Å². The first-order valence-electron chi connectivity index (χ1n) is 10.9. The zero-order valence-corrected chi connectivity index (χ0v) is 20.2. The Balaban J connectivity index is 1.69. The highest BCUT2D eigenvalue weighted by Crippen LogP contribution is 2.26.